The number of aryl methyl sites for hydroxylation is 4. The molecule has 0 aliphatic carbocycles. The highest BCUT2D eigenvalue weighted by Gasteiger charge is 2.32. The molecule has 0 aromatic carbocycles. The maximum atomic E-state index is 12.2. The van der Waals surface area contributed by atoms with Gasteiger partial charge in [-0.25, -0.2) is 48.7 Å². The maximum Gasteiger partial charge on any atom is 0.416 e. The number of aromatic carboxylic acids is 1. The lowest BCUT2D eigenvalue weighted by Gasteiger charge is -2.30. The van der Waals surface area contributed by atoms with Crippen LogP contribution in [0.5, 0.6) is 0 Å². The highest BCUT2D eigenvalue weighted by atomic mass is 79.9. The SMILES string of the molecule is CC.CC(C)(C)OC(=O)N1CCCc2cc(Br)cnc21.CC(C)(C)OC(=O)N1CCCc2cc(C(=O)O)cnc21.COC(=O)c1cnc2c(c1)CCCN2.COC(=O)c1cnc2c(c1)CCCN2C(=O)OC(C)(C)C. The Morgan fingerprint density at radius 3 is 1.27 bits per heavy atom. The summed E-state index contributed by atoms with van der Waals surface area (Å²) >= 11 is 3.40. The van der Waals surface area contributed by atoms with Crippen molar-refractivity contribution in [3.63, 3.8) is 0 Å². The normalized spacial score (nSPS) is 14.3. The van der Waals surface area contributed by atoms with Crippen molar-refractivity contribution in [3.05, 3.63) is 92.5 Å². The standard InChI is InChI=1S/C15H20N2O4.C14H18N2O4.C13H17BrN2O2.C10H12N2O2.C2H6/c1-15(2,3)21-14(19)17-7-5-6-10-8-11(13(18)20-4)9-16-12(10)17;1-14(2,3)20-13(19)16-6-4-5-9-7-10(12(17)18)8-15-11(9)16;1-13(2,3)18-12(17)16-6-4-5-9-7-10(14)8-15-11(9)16;1-14-10(13)8-5-7-3-2-4-11-9(7)12-6-8;1-2/h8-9H,5-7H2,1-4H3;7-8H,4-6H2,1-3H3,(H,17,18);7-8H,4-6H2,1-3H3;5-6H,2-4H2,1H3,(H,11,12);1-2H3. The Hall–Kier alpha value is -6.90. The molecule has 3 amide bonds. The molecule has 4 aromatic heterocycles. The first-order chi connectivity index (χ1) is 35.3. The third kappa shape index (κ3) is 18.2. The second kappa shape index (κ2) is 27.1. The van der Waals surface area contributed by atoms with E-state index in [0.717, 1.165) is 89.9 Å². The topological polar surface area (TPSA) is 242 Å². The van der Waals surface area contributed by atoms with Gasteiger partial charge in [0.05, 0.1) is 30.9 Å². The van der Waals surface area contributed by atoms with E-state index in [1.165, 1.54) is 36.4 Å². The number of aromatic nitrogens is 4. The van der Waals surface area contributed by atoms with Gasteiger partial charge in [0.15, 0.2) is 0 Å². The molecular weight excluding hydrogens is 1030 g/mol. The van der Waals surface area contributed by atoms with Crippen molar-refractivity contribution in [2.24, 2.45) is 0 Å². The highest BCUT2D eigenvalue weighted by molar-refractivity contribution is 9.10. The van der Waals surface area contributed by atoms with Crippen LogP contribution in [0.2, 0.25) is 0 Å². The number of hydrogen-bond acceptors (Lipinski definition) is 16. The molecule has 4 aliphatic heterocycles. The summed E-state index contributed by atoms with van der Waals surface area (Å²) in [5.41, 5.74) is 3.24. The summed E-state index contributed by atoms with van der Waals surface area (Å²) in [6.45, 7) is 23.2. The number of carboxylic acid groups (broad SMARTS) is 1. The van der Waals surface area contributed by atoms with Crippen molar-refractivity contribution >= 4 is 75.4 Å². The minimum absolute atomic E-state index is 0.134. The van der Waals surface area contributed by atoms with Gasteiger partial charge in [0, 0.05) is 55.4 Å². The van der Waals surface area contributed by atoms with Crippen molar-refractivity contribution in [1.82, 2.24) is 19.9 Å². The van der Waals surface area contributed by atoms with Crippen molar-refractivity contribution < 1.29 is 57.6 Å². The zero-order chi connectivity index (χ0) is 55.8. The Labute approximate surface area is 448 Å². The van der Waals surface area contributed by atoms with Gasteiger partial charge in [0.2, 0.25) is 0 Å². The van der Waals surface area contributed by atoms with E-state index in [4.69, 9.17) is 19.3 Å². The molecular formula is C54H73BrN8O12. The number of ether oxygens (including phenoxy) is 5. The zero-order valence-corrected chi connectivity index (χ0v) is 47.1. The summed E-state index contributed by atoms with van der Waals surface area (Å²) in [4.78, 5) is 91.7. The number of halogens is 1. The molecule has 4 aliphatic rings. The summed E-state index contributed by atoms with van der Waals surface area (Å²) in [6, 6.07) is 7.16. The van der Waals surface area contributed by atoms with Crippen LogP contribution in [0.25, 0.3) is 0 Å². The number of fused-ring (bicyclic) bond motifs is 4. The highest BCUT2D eigenvalue weighted by Crippen LogP contribution is 2.31. The van der Waals surface area contributed by atoms with Crippen LogP contribution in [0, 0.1) is 0 Å². The molecule has 75 heavy (non-hydrogen) atoms. The van der Waals surface area contributed by atoms with Crippen LogP contribution < -0.4 is 20.0 Å². The summed E-state index contributed by atoms with van der Waals surface area (Å²) in [5.74, 6) is 0.890. The van der Waals surface area contributed by atoms with Crippen LogP contribution in [-0.2, 0) is 49.4 Å². The Morgan fingerprint density at radius 1 is 0.520 bits per heavy atom. The molecule has 408 valence electrons. The van der Waals surface area contributed by atoms with Gasteiger partial charge in [-0.15, -0.1) is 0 Å². The van der Waals surface area contributed by atoms with Gasteiger partial charge >= 0.3 is 36.2 Å². The van der Waals surface area contributed by atoms with Crippen LogP contribution in [0.3, 0.4) is 0 Å². The quantitative estimate of drug-likeness (QED) is 0.143. The maximum absolute atomic E-state index is 12.2. The van der Waals surface area contributed by atoms with Gasteiger partial charge in [-0.2, -0.15) is 0 Å². The van der Waals surface area contributed by atoms with Gasteiger partial charge < -0.3 is 34.1 Å². The molecule has 0 spiro atoms. The predicted octanol–water partition coefficient (Wildman–Crippen LogP) is 10.8. The number of pyridine rings is 4. The lowest BCUT2D eigenvalue weighted by Crippen LogP contribution is -2.40. The third-order valence-electron chi connectivity index (χ3n) is 10.9. The van der Waals surface area contributed by atoms with E-state index in [-0.39, 0.29) is 17.6 Å². The molecule has 0 saturated carbocycles. The number of nitrogens with one attached hydrogen (secondary N) is 1. The number of methoxy groups -OCH3 is 2. The number of nitrogens with zero attached hydrogens (tertiary/aromatic N) is 7. The van der Waals surface area contributed by atoms with Gasteiger partial charge in [-0.3, -0.25) is 14.7 Å². The molecule has 0 radical (unpaired) electrons. The van der Waals surface area contributed by atoms with Crippen LogP contribution in [0.15, 0.2) is 53.5 Å². The van der Waals surface area contributed by atoms with Crippen LogP contribution in [0.1, 0.15) is 155 Å². The van der Waals surface area contributed by atoms with E-state index in [9.17, 15) is 28.8 Å². The average Bonchev–Trinajstić information content (AvgIpc) is 3.36. The Balaban J connectivity index is 0.000000216. The van der Waals surface area contributed by atoms with E-state index >= 15 is 0 Å². The van der Waals surface area contributed by atoms with Gasteiger partial charge in [-0.05, 0) is 176 Å². The summed E-state index contributed by atoms with van der Waals surface area (Å²) < 4.78 is 26.4. The first-order valence-electron chi connectivity index (χ1n) is 25.0. The Kier molecular flexibility index (Phi) is 21.9. The summed E-state index contributed by atoms with van der Waals surface area (Å²) in [7, 11) is 2.70. The van der Waals surface area contributed by atoms with E-state index < -0.39 is 40.9 Å². The van der Waals surface area contributed by atoms with Crippen LogP contribution >= 0.6 is 15.9 Å². The largest absolute Gasteiger partial charge is 0.478 e. The Morgan fingerprint density at radius 2 is 0.867 bits per heavy atom. The number of esters is 2. The van der Waals surface area contributed by atoms with Crippen LogP contribution in [-0.4, -0.2) is 118 Å². The molecule has 0 fully saturated rings. The number of carboxylic acids is 1. The lowest BCUT2D eigenvalue weighted by atomic mass is 10.0. The van der Waals surface area contributed by atoms with Crippen molar-refractivity contribution in [2.45, 2.75) is 144 Å². The third-order valence-corrected chi connectivity index (χ3v) is 11.3. The second-order valence-electron chi connectivity index (χ2n) is 20.3. The molecule has 0 unspecified atom stereocenters. The molecule has 8 heterocycles. The molecule has 8 rings (SSSR count). The fourth-order valence-electron chi connectivity index (χ4n) is 7.77. The average molecular weight is 1110 g/mol. The van der Waals surface area contributed by atoms with Gasteiger partial charge in [-0.1, -0.05) is 13.8 Å². The zero-order valence-electron chi connectivity index (χ0n) is 45.6. The minimum Gasteiger partial charge on any atom is -0.478 e. The molecule has 2 N–H and O–H groups in total. The van der Waals surface area contributed by atoms with Gasteiger partial charge in [0.25, 0.3) is 0 Å². The van der Waals surface area contributed by atoms with E-state index in [1.54, 1.807) is 50.2 Å². The number of anilines is 4. The number of hydrogen-bond donors (Lipinski definition) is 2. The molecule has 20 nitrogen and oxygen atoms in total. The minimum atomic E-state index is -1.02. The smallest absolute Gasteiger partial charge is 0.416 e. The first-order valence-corrected chi connectivity index (χ1v) is 25.8. The summed E-state index contributed by atoms with van der Waals surface area (Å²) in [6.07, 6.45) is 11.7. The monoisotopic (exact) mass is 1100 g/mol. The number of carbonyl (C=O) groups is 6. The molecule has 4 aromatic rings. The summed E-state index contributed by atoms with van der Waals surface area (Å²) in [5, 5.41) is 12.2. The number of carbonyl (C=O) groups excluding carboxylic acids is 5. The van der Waals surface area contributed by atoms with E-state index in [0.29, 0.717) is 48.8 Å². The first kappa shape index (κ1) is 60.7. The van der Waals surface area contributed by atoms with Gasteiger partial charge in [0.1, 0.15) is 40.1 Å². The molecule has 21 heteroatoms. The Bertz CT molecular complexity index is 2660. The van der Waals surface area contributed by atoms with Crippen molar-refractivity contribution in [3.8, 4) is 0 Å². The van der Waals surface area contributed by atoms with E-state index in [2.05, 4.69) is 50.7 Å². The molecule has 0 saturated heterocycles. The fraction of sp³-hybridized carbons (Fsp3) is 0.519. The molecule has 0 bridgehead atoms. The lowest BCUT2D eigenvalue weighted by molar-refractivity contribution is 0.0565. The van der Waals surface area contributed by atoms with Crippen molar-refractivity contribution in [1.29, 1.82) is 0 Å². The molecule has 0 atom stereocenters. The van der Waals surface area contributed by atoms with Crippen molar-refractivity contribution in [2.75, 3.05) is 60.4 Å². The predicted molar refractivity (Wildman–Crippen MR) is 288 cm³/mol. The van der Waals surface area contributed by atoms with E-state index in [1.807, 2.05) is 67.5 Å². The fourth-order valence-corrected chi connectivity index (χ4v) is 8.15. The van der Waals surface area contributed by atoms with Crippen LogP contribution in [0.4, 0.5) is 37.7 Å². The number of amides is 3. The number of rotatable bonds is 3. The second-order valence-corrected chi connectivity index (χ2v) is 21.2.